The number of rotatable bonds is 4. The average molecular weight is 330 g/mol. The first kappa shape index (κ1) is 15.6. The van der Waals surface area contributed by atoms with Gasteiger partial charge in [0.2, 0.25) is 0 Å². The average Bonchev–Trinajstić information content (AvgIpc) is 2.60. The van der Waals surface area contributed by atoms with Crippen LogP contribution in [0.5, 0.6) is 11.5 Å². The third-order valence-corrected chi connectivity index (χ3v) is 4.01. The first-order chi connectivity index (χ1) is 11.1. The molecule has 0 aliphatic carbocycles. The second-order valence-electron chi connectivity index (χ2n) is 5.11. The zero-order chi connectivity index (χ0) is 16.4. The summed E-state index contributed by atoms with van der Waals surface area (Å²) in [6, 6.07) is 14.6. The molecule has 1 N–H and O–H groups in total. The standard InChI is InChI=1S/C18H16ClNO3/c1-22-13-5-3-4-11(8-13)17(21)15-10-12-9-14(23-2)6-7-16(12)20-18(15)19/h3-10,17,21H,1-2H3. The Morgan fingerprint density at radius 3 is 2.48 bits per heavy atom. The first-order valence-corrected chi connectivity index (χ1v) is 7.46. The molecular weight excluding hydrogens is 314 g/mol. The lowest BCUT2D eigenvalue weighted by atomic mass is 10.0. The molecule has 0 saturated carbocycles. The van der Waals surface area contributed by atoms with E-state index >= 15 is 0 Å². The van der Waals surface area contributed by atoms with Crippen molar-refractivity contribution in [2.45, 2.75) is 6.10 Å². The normalized spacial score (nSPS) is 12.2. The van der Waals surface area contributed by atoms with Crippen molar-refractivity contribution >= 4 is 22.5 Å². The zero-order valence-electron chi connectivity index (χ0n) is 12.8. The summed E-state index contributed by atoms with van der Waals surface area (Å²) in [5, 5.41) is 11.8. The van der Waals surface area contributed by atoms with E-state index in [0.29, 0.717) is 16.9 Å². The van der Waals surface area contributed by atoms with E-state index in [1.165, 1.54) is 0 Å². The van der Waals surface area contributed by atoms with Gasteiger partial charge in [-0.05, 0) is 42.0 Å². The Morgan fingerprint density at radius 1 is 1.00 bits per heavy atom. The minimum Gasteiger partial charge on any atom is -0.497 e. The number of halogens is 1. The Kier molecular flexibility index (Phi) is 4.37. The summed E-state index contributed by atoms with van der Waals surface area (Å²) < 4.78 is 10.4. The van der Waals surface area contributed by atoms with Crippen LogP contribution in [0.25, 0.3) is 10.9 Å². The van der Waals surface area contributed by atoms with Gasteiger partial charge in [0.15, 0.2) is 0 Å². The number of hydrogen-bond acceptors (Lipinski definition) is 4. The van der Waals surface area contributed by atoms with Crippen molar-refractivity contribution in [2.24, 2.45) is 0 Å². The zero-order valence-corrected chi connectivity index (χ0v) is 13.5. The number of ether oxygens (including phenoxy) is 2. The fourth-order valence-electron chi connectivity index (χ4n) is 2.46. The number of pyridine rings is 1. The first-order valence-electron chi connectivity index (χ1n) is 7.08. The molecule has 0 aliphatic heterocycles. The van der Waals surface area contributed by atoms with Gasteiger partial charge in [-0.2, -0.15) is 0 Å². The van der Waals surface area contributed by atoms with Crippen LogP contribution in [-0.4, -0.2) is 24.3 Å². The molecule has 0 saturated heterocycles. The molecule has 0 spiro atoms. The van der Waals surface area contributed by atoms with Gasteiger partial charge < -0.3 is 14.6 Å². The molecular formula is C18H16ClNO3. The van der Waals surface area contributed by atoms with Crippen molar-refractivity contribution in [1.82, 2.24) is 4.98 Å². The number of aliphatic hydroxyl groups excluding tert-OH is 1. The lowest BCUT2D eigenvalue weighted by Crippen LogP contribution is -2.02. The Hall–Kier alpha value is -2.30. The molecule has 2 aromatic carbocycles. The van der Waals surface area contributed by atoms with Gasteiger partial charge in [-0.25, -0.2) is 4.98 Å². The van der Waals surface area contributed by atoms with E-state index in [9.17, 15) is 5.11 Å². The lowest BCUT2D eigenvalue weighted by molar-refractivity contribution is 0.219. The van der Waals surface area contributed by atoms with E-state index in [-0.39, 0.29) is 5.15 Å². The number of aliphatic hydroxyl groups is 1. The van der Waals surface area contributed by atoms with Crippen LogP contribution in [0.15, 0.2) is 48.5 Å². The summed E-state index contributed by atoms with van der Waals surface area (Å²) in [4.78, 5) is 4.36. The Bertz CT molecular complexity index is 851. The van der Waals surface area contributed by atoms with E-state index in [1.54, 1.807) is 20.3 Å². The number of benzene rings is 2. The minimum atomic E-state index is -0.888. The Labute approximate surface area is 139 Å². The SMILES string of the molecule is COc1cccc(C(O)c2cc3cc(OC)ccc3nc2Cl)c1. The molecule has 1 heterocycles. The molecule has 1 aromatic heterocycles. The van der Waals surface area contributed by atoms with E-state index in [1.807, 2.05) is 42.5 Å². The third kappa shape index (κ3) is 3.09. The van der Waals surface area contributed by atoms with Crippen LogP contribution in [0.4, 0.5) is 0 Å². The van der Waals surface area contributed by atoms with Gasteiger partial charge in [0.1, 0.15) is 22.8 Å². The van der Waals surface area contributed by atoms with Gasteiger partial charge >= 0.3 is 0 Å². The van der Waals surface area contributed by atoms with Gasteiger partial charge in [0.25, 0.3) is 0 Å². The highest BCUT2D eigenvalue weighted by atomic mass is 35.5. The maximum absolute atomic E-state index is 10.7. The van der Waals surface area contributed by atoms with Crippen molar-refractivity contribution in [1.29, 1.82) is 0 Å². The van der Waals surface area contributed by atoms with Crippen LogP contribution >= 0.6 is 11.6 Å². The predicted octanol–water partition coefficient (Wildman–Crippen LogP) is 3.99. The summed E-state index contributed by atoms with van der Waals surface area (Å²) in [5.41, 5.74) is 1.98. The van der Waals surface area contributed by atoms with Crippen LogP contribution in [0, 0.1) is 0 Å². The molecule has 1 unspecified atom stereocenters. The molecule has 4 nitrogen and oxygen atoms in total. The fraction of sp³-hybridized carbons (Fsp3) is 0.167. The minimum absolute atomic E-state index is 0.276. The second kappa shape index (κ2) is 6.44. The van der Waals surface area contributed by atoms with Gasteiger partial charge in [0, 0.05) is 10.9 Å². The largest absolute Gasteiger partial charge is 0.497 e. The predicted molar refractivity (Wildman–Crippen MR) is 90.4 cm³/mol. The van der Waals surface area contributed by atoms with Crippen LogP contribution in [-0.2, 0) is 0 Å². The van der Waals surface area contributed by atoms with E-state index in [2.05, 4.69) is 4.98 Å². The van der Waals surface area contributed by atoms with Crippen molar-refractivity contribution in [3.05, 3.63) is 64.8 Å². The van der Waals surface area contributed by atoms with Crippen molar-refractivity contribution in [2.75, 3.05) is 14.2 Å². The fourth-order valence-corrected chi connectivity index (χ4v) is 2.71. The van der Waals surface area contributed by atoms with Gasteiger partial charge in [-0.15, -0.1) is 0 Å². The summed E-state index contributed by atoms with van der Waals surface area (Å²) in [5.74, 6) is 1.40. The molecule has 0 fully saturated rings. The molecule has 0 radical (unpaired) electrons. The summed E-state index contributed by atoms with van der Waals surface area (Å²) >= 11 is 6.26. The summed E-state index contributed by atoms with van der Waals surface area (Å²) in [7, 11) is 3.19. The number of nitrogens with zero attached hydrogens (tertiary/aromatic N) is 1. The molecule has 0 amide bonds. The van der Waals surface area contributed by atoms with E-state index < -0.39 is 6.10 Å². The van der Waals surface area contributed by atoms with Crippen molar-refractivity contribution in [3.63, 3.8) is 0 Å². The van der Waals surface area contributed by atoms with Crippen LogP contribution < -0.4 is 9.47 Å². The molecule has 0 bridgehead atoms. The molecule has 1 atom stereocenters. The molecule has 3 rings (SSSR count). The quantitative estimate of drug-likeness (QED) is 0.735. The van der Waals surface area contributed by atoms with Gasteiger partial charge in [0.05, 0.1) is 19.7 Å². The number of methoxy groups -OCH3 is 2. The number of fused-ring (bicyclic) bond motifs is 1. The third-order valence-electron chi connectivity index (χ3n) is 3.71. The Morgan fingerprint density at radius 2 is 1.74 bits per heavy atom. The van der Waals surface area contributed by atoms with Crippen molar-refractivity contribution in [3.8, 4) is 11.5 Å². The maximum Gasteiger partial charge on any atom is 0.135 e. The molecule has 23 heavy (non-hydrogen) atoms. The highest BCUT2D eigenvalue weighted by Gasteiger charge is 2.17. The molecule has 3 aromatic rings. The van der Waals surface area contributed by atoms with Gasteiger partial charge in [-0.1, -0.05) is 23.7 Å². The highest BCUT2D eigenvalue weighted by Crippen LogP contribution is 2.32. The highest BCUT2D eigenvalue weighted by molar-refractivity contribution is 6.30. The smallest absolute Gasteiger partial charge is 0.135 e. The second-order valence-corrected chi connectivity index (χ2v) is 5.46. The number of hydrogen-bond donors (Lipinski definition) is 1. The van der Waals surface area contributed by atoms with Gasteiger partial charge in [-0.3, -0.25) is 0 Å². The van der Waals surface area contributed by atoms with Crippen molar-refractivity contribution < 1.29 is 14.6 Å². The van der Waals surface area contributed by atoms with Crippen LogP contribution in [0.3, 0.4) is 0 Å². The lowest BCUT2D eigenvalue weighted by Gasteiger charge is -2.15. The van der Waals surface area contributed by atoms with Crippen LogP contribution in [0.1, 0.15) is 17.2 Å². The monoisotopic (exact) mass is 329 g/mol. The Balaban J connectivity index is 2.08. The topological polar surface area (TPSA) is 51.6 Å². The van der Waals surface area contributed by atoms with Crippen LogP contribution in [0.2, 0.25) is 5.15 Å². The number of aromatic nitrogens is 1. The summed E-state index contributed by atoms with van der Waals surface area (Å²) in [6.07, 6.45) is -0.888. The van der Waals surface area contributed by atoms with E-state index in [4.69, 9.17) is 21.1 Å². The molecule has 5 heteroatoms. The maximum atomic E-state index is 10.7. The molecule has 0 aliphatic rings. The van der Waals surface area contributed by atoms with E-state index in [0.717, 1.165) is 16.7 Å². The molecule has 118 valence electrons. The summed E-state index contributed by atoms with van der Waals surface area (Å²) in [6.45, 7) is 0.